The van der Waals surface area contributed by atoms with Gasteiger partial charge in [0.1, 0.15) is 0 Å². The summed E-state index contributed by atoms with van der Waals surface area (Å²) in [5.41, 5.74) is 1.22. The van der Waals surface area contributed by atoms with Crippen molar-refractivity contribution in [2.45, 2.75) is 38.6 Å². The molecule has 1 aromatic heterocycles. The lowest BCUT2D eigenvalue weighted by Gasteiger charge is -2.29. The number of anilines is 1. The topological polar surface area (TPSA) is 24.9 Å². The van der Waals surface area contributed by atoms with Gasteiger partial charge in [0.2, 0.25) is 0 Å². The molecule has 1 N–H and O–H groups in total. The smallest absolute Gasteiger partial charge is 0.0437 e. The maximum absolute atomic E-state index is 4.23. The van der Waals surface area contributed by atoms with Crippen LogP contribution in [-0.2, 0) is 0 Å². The Morgan fingerprint density at radius 1 is 1.33 bits per heavy atom. The van der Waals surface area contributed by atoms with Crippen LogP contribution in [0.4, 0.5) is 5.69 Å². The third-order valence-electron chi connectivity index (χ3n) is 4.00. The maximum atomic E-state index is 4.23. The summed E-state index contributed by atoms with van der Waals surface area (Å²) in [4.78, 5) is 4.23. The summed E-state index contributed by atoms with van der Waals surface area (Å²) < 4.78 is 0. The van der Waals surface area contributed by atoms with Gasteiger partial charge in [-0.15, -0.1) is 0 Å². The molecular formula is C16H20N2. The fourth-order valence-corrected chi connectivity index (χ4v) is 2.79. The zero-order chi connectivity index (χ0) is 12.4. The molecule has 1 aliphatic rings. The molecule has 0 spiro atoms. The highest BCUT2D eigenvalue weighted by atomic mass is 14.9. The van der Waals surface area contributed by atoms with E-state index in [4.69, 9.17) is 0 Å². The first-order chi connectivity index (χ1) is 8.83. The largest absolute Gasteiger partial charge is 0.382 e. The quantitative estimate of drug-likeness (QED) is 0.865. The number of aromatic nitrogens is 1. The molecule has 1 heterocycles. The summed E-state index contributed by atoms with van der Waals surface area (Å²) >= 11 is 0. The molecule has 0 bridgehead atoms. The van der Waals surface area contributed by atoms with Gasteiger partial charge in [-0.25, -0.2) is 0 Å². The van der Waals surface area contributed by atoms with E-state index in [-0.39, 0.29) is 0 Å². The maximum Gasteiger partial charge on any atom is 0.0437 e. The first-order valence-electron chi connectivity index (χ1n) is 6.92. The number of nitrogens with zero attached hydrogens (tertiary/aromatic N) is 1. The molecule has 2 heteroatoms. The Morgan fingerprint density at radius 2 is 2.22 bits per heavy atom. The molecule has 0 aliphatic heterocycles. The monoisotopic (exact) mass is 240 g/mol. The molecule has 18 heavy (non-hydrogen) atoms. The van der Waals surface area contributed by atoms with Crippen LogP contribution in [0.25, 0.3) is 10.8 Å². The molecule has 2 nitrogen and oxygen atoms in total. The zero-order valence-corrected chi connectivity index (χ0v) is 10.9. The molecule has 1 saturated carbocycles. The van der Waals surface area contributed by atoms with Crippen molar-refractivity contribution in [3.8, 4) is 0 Å². The van der Waals surface area contributed by atoms with E-state index >= 15 is 0 Å². The number of hydrogen-bond donors (Lipinski definition) is 1. The second-order valence-electron chi connectivity index (χ2n) is 5.48. The Morgan fingerprint density at radius 3 is 3.00 bits per heavy atom. The SMILES string of the molecule is CC(CC1CCC1)Nc1cccc2ccncc12. The summed E-state index contributed by atoms with van der Waals surface area (Å²) in [6.45, 7) is 2.29. The van der Waals surface area contributed by atoms with E-state index in [0.29, 0.717) is 6.04 Å². The lowest BCUT2D eigenvalue weighted by atomic mass is 9.81. The Hall–Kier alpha value is -1.57. The van der Waals surface area contributed by atoms with Gasteiger partial charge in [0.25, 0.3) is 0 Å². The van der Waals surface area contributed by atoms with Gasteiger partial charge in [-0.1, -0.05) is 31.4 Å². The van der Waals surface area contributed by atoms with Crippen molar-refractivity contribution in [1.29, 1.82) is 0 Å². The number of fused-ring (bicyclic) bond motifs is 1. The number of hydrogen-bond acceptors (Lipinski definition) is 2. The average molecular weight is 240 g/mol. The Balaban J connectivity index is 1.76. The van der Waals surface area contributed by atoms with Crippen molar-refractivity contribution in [2.75, 3.05) is 5.32 Å². The normalized spacial score (nSPS) is 17.4. The van der Waals surface area contributed by atoms with E-state index in [9.17, 15) is 0 Å². The van der Waals surface area contributed by atoms with Crippen molar-refractivity contribution >= 4 is 16.5 Å². The molecular weight excluding hydrogens is 220 g/mol. The van der Waals surface area contributed by atoms with E-state index in [1.165, 1.54) is 42.1 Å². The summed E-state index contributed by atoms with van der Waals surface area (Å²) in [6, 6.07) is 9.01. The fourth-order valence-electron chi connectivity index (χ4n) is 2.79. The Kier molecular flexibility index (Phi) is 3.18. The highest BCUT2D eigenvalue weighted by Gasteiger charge is 2.19. The van der Waals surface area contributed by atoms with E-state index in [1.54, 1.807) is 0 Å². The molecule has 1 unspecified atom stereocenters. The van der Waals surface area contributed by atoms with Gasteiger partial charge in [0.15, 0.2) is 0 Å². The minimum Gasteiger partial charge on any atom is -0.382 e. The van der Waals surface area contributed by atoms with Gasteiger partial charge >= 0.3 is 0 Å². The van der Waals surface area contributed by atoms with Gasteiger partial charge in [-0.2, -0.15) is 0 Å². The van der Waals surface area contributed by atoms with E-state index in [1.807, 2.05) is 12.4 Å². The summed E-state index contributed by atoms with van der Waals surface area (Å²) in [5.74, 6) is 0.945. The second-order valence-corrected chi connectivity index (χ2v) is 5.48. The lowest BCUT2D eigenvalue weighted by Crippen LogP contribution is -2.23. The second kappa shape index (κ2) is 4.97. The van der Waals surface area contributed by atoms with Gasteiger partial charge in [0.05, 0.1) is 0 Å². The predicted molar refractivity (Wildman–Crippen MR) is 76.8 cm³/mol. The van der Waals surface area contributed by atoms with Crippen molar-refractivity contribution in [2.24, 2.45) is 5.92 Å². The highest BCUT2D eigenvalue weighted by Crippen LogP contribution is 2.31. The highest BCUT2D eigenvalue weighted by molar-refractivity contribution is 5.93. The van der Waals surface area contributed by atoms with Gasteiger partial charge < -0.3 is 5.32 Å². The molecule has 2 aromatic rings. The van der Waals surface area contributed by atoms with Crippen LogP contribution in [0.1, 0.15) is 32.6 Å². The standard InChI is InChI=1S/C16H20N2/c1-12(10-13-4-2-5-13)18-16-7-3-6-14-8-9-17-11-15(14)16/h3,6-9,11-13,18H,2,4-5,10H2,1H3. The molecule has 1 aliphatic carbocycles. The van der Waals surface area contributed by atoms with Crippen LogP contribution in [0, 0.1) is 5.92 Å². The molecule has 0 saturated heterocycles. The molecule has 1 aromatic carbocycles. The van der Waals surface area contributed by atoms with Gasteiger partial charge in [-0.05, 0) is 36.8 Å². The minimum atomic E-state index is 0.543. The predicted octanol–water partition coefficient (Wildman–Crippen LogP) is 4.23. The van der Waals surface area contributed by atoms with Gasteiger partial charge in [-0.3, -0.25) is 4.98 Å². The van der Waals surface area contributed by atoms with Crippen molar-refractivity contribution in [1.82, 2.24) is 4.98 Å². The molecule has 94 valence electrons. The minimum absolute atomic E-state index is 0.543. The molecule has 3 rings (SSSR count). The third-order valence-corrected chi connectivity index (χ3v) is 4.00. The number of rotatable bonds is 4. The number of pyridine rings is 1. The molecule has 0 radical (unpaired) electrons. The van der Waals surface area contributed by atoms with E-state index in [2.05, 4.69) is 41.5 Å². The molecule has 1 fully saturated rings. The summed E-state index contributed by atoms with van der Waals surface area (Å²) in [6.07, 6.45) is 9.36. The van der Waals surface area contributed by atoms with E-state index in [0.717, 1.165) is 5.92 Å². The Bertz CT molecular complexity index is 526. The van der Waals surface area contributed by atoms with Crippen LogP contribution in [0.15, 0.2) is 36.7 Å². The first-order valence-corrected chi connectivity index (χ1v) is 6.92. The first kappa shape index (κ1) is 11.5. The third kappa shape index (κ3) is 2.33. The van der Waals surface area contributed by atoms with Crippen LogP contribution < -0.4 is 5.32 Å². The molecule has 1 atom stereocenters. The van der Waals surface area contributed by atoms with Crippen molar-refractivity contribution < 1.29 is 0 Å². The summed E-state index contributed by atoms with van der Waals surface area (Å²) in [5, 5.41) is 6.12. The van der Waals surface area contributed by atoms with Crippen molar-refractivity contribution in [3.05, 3.63) is 36.7 Å². The van der Waals surface area contributed by atoms with Crippen LogP contribution in [0.5, 0.6) is 0 Å². The average Bonchev–Trinajstić information content (AvgIpc) is 2.34. The van der Waals surface area contributed by atoms with Crippen LogP contribution in [0.2, 0.25) is 0 Å². The van der Waals surface area contributed by atoms with Gasteiger partial charge in [0, 0.05) is 29.5 Å². The van der Waals surface area contributed by atoms with Crippen molar-refractivity contribution in [3.63, 3.8) is 0 Å². The zero-order valence-electron chi connectivity index (χ0n) is 10.9. The number of nitrogens with one attached hydrogen (secondary N) is 1. The molecule has 0 amide bonds. The Labute approximate surface area is 108 Å². The fraction of sp³-hybridized carbons (Fsp3) is 0.438. The van der Waals surface area contributed by atoms with Crippen LogP contribution >= 0.6 is 0 Å². The number of benzene rings is 1. The lowest BCUT2D eigenvalue weighted by molar-refractivity contribution is 0.286. The summed E-state index contributed by atoms with van der Waals surface area (Å²) in [7, 11) is 0. The van der Waals surface area contributed by atoms with E-state index < -0.39 is 0 Å². The van der Waals surface area contributed by atoms with Crippen LogP contribution in [0.3, 0.4) is 0 Å². The van der Waals surface area contributed by atoms with Crippen LogP contribution in [-0.4, -0.2) is 11.0 Å².